The largest absolute Gasteiger partial charge is 0.611 e. The first-order valence-corrected chi connectivity index (χ1v) is 12.3. The molecule has 0 radical (unpaired) electrons. The average molecular weight is 492 g/mol. The lowest BCUT2D eigenvalue weighted by atomic mass is 10.1. The zero-order valence-corrected chi connectivity index (χ0v) is 19.6. The van der Waals surface area contributed by atoms with Crippen LogP contribution in [0, 0.1) is 0 Å². The number of carboxylic acid groups (broad SMARTS) is 1. The maximum atomic E-state index is 13.5. The zero-order valence-electron chi connectivity index (χ0n) is 18.8. The molecule has 0 saturated carbocycles. The summed E-state index contributed by atoms with van der Waals surface area (Å²) < 4.78 is 13.5. The minimum Gasteiger partial charge on any atom is -0.611 e. The topological polar surface area (TPSA) is 139 Å². The maximum Gasteiger partial charge on any atom is 0.308 e. The lowest BCUT2D eigenvalue weighted by Crippen LogP contribution is -2.35. The van der Waals surface area contributed by atoms with Crippen LogP contribution in [0.15, 0.2) is 82.9 Å². The lowest BCUT2D eigenvalue weighted by Gasteiger charge is -2.22. The number of carboxylic acids is 1. The summed E-state index contributed by atoms with van der Waals surface area (Å²) in [6.07, 6.45) is 3.71. The highest BCUT2D eigenvalue weighted by molar-refractivity contribution is 7.91. The fourth-order valence-electron chi connectivity index (χ4n) is 3.63. The second-order valence-electron chi connectivity index (χ2n) is 7.84. The number of aliphatic carboxylic acids is 1. The highest BCUT2D eigenvalue weighted by Gasteiger charge is 2.31. The van der Waals surface area contributed by atoms with E-state index in [0.29, 0.717) is 33.4 Å². The minimum absolute atomic E-state index is 0.339. The van der Waals surface area contributed by atoms with E-state index in [-0.39, 0.29) is 12.3 Å². The molecule has 10 heteroatoms. The standard InChI is InChI=1S/C25H25N5O4S/c31-23(32)15-22(18-7-4-11-26-16-18)35(34)21-10-2-1-9-20(21)30-24(33)17-6-3-8-19(14-17)29-25-27-12-5-13-28-25/h1-4,6-11,14,16,22H,5,12-13,15H2,(H,30,33)(H,31,32)(H2,27,28,29). The van der Waals surface area contributed by atoms with Crippen molar-refractivity contribution in [3.8, 4) is 0 Å². The molecule has 1 aliphatic rings. The van der Waals surface area contributed by atoms with Crippen molar-refractivity contribution in [2.24, 2.45) is 4.99 Å². The summed E-state index contributed by atoms with van der Waals surface area (Å²) in [6.45, 7) is 1.58. The number of carbonyl (C=O) groups is 2. The molecule has 0 saturated heterocycles. The van der Waals surface area contributed by atoms with Gasteiger partial charge in [-0.2, -0.15) is 0 Å². The predicted octanol–water partition coefficient (Wildman–Crippen LogP) is 3.42. The van der Waals surface area contributed by atoms with Gasteiger partial charge >= 0.3 is 5.97 Å². The Bertz CT molecular complexity index is 1220. The molecule has 3 aromatic rings. The molecule has 2 unspecified atom stereocenters. The molecular formula is C25H25N5O4S. The summed E-state index contributed by atoms with van der Waals surface area (Å²) in [4.78, 5) is 33.3. The molecule has 2 heterocycles. The van der Waals surface area contributed by atoms with Crippen LogP contribution in [0.4, 0.5) is 11.4 Å². The SMILES string of the molecule is O=C(O)CC(c1cccnc1)[S+]([O-])c1ccccc1NC(=O)c1cccc(NC2=NCCCN2)c1. The Balaban J connectivity index is 1.55. The molecule has 0 spiro atoms. The molecule has 1 amide bonds. The highest BCUT2D eigenvalue weighted by Crippen LogP contribution is 2.35. The van der Waals surface area contributed by atoms with Crippen molar-refractivity contribution < 1.29 is 19.2 Å². The molecule has 0 fully saturated rings. The number of guanidine groups is 1. The fraction of sp³-hybridized carbons (Fsp3) is 0.200. The third kappa shape index (κ3) is 6.37. The smallest absolute Gasteiger partial charge is 0.308 e. The van der Waals surface area contributed by atoms with Crippen molar-refractivity contribution >= 4 is 40.4 Å². The van der Waals surface area contributed by atoms with Gasteiger partial charge in [0.25, 0.3) is 5.91 Å². The summed E-state index contributed by atoms with van der Waals surface area (Å²) in [6, 6.07) is 17.0. The molecule has 1 aromatic heterocycles. The maximum absolute atomic E-state index is 13.5. The Morgan fingerprint density at radius 3 is 2.74 bits per heavy atom. The molecular weight excluding hydrogens is 466 g/mol. The highest BCUT2D eigenvalue weighted by atomic mass is 32.2. The van der Waals surface area contributed by atoms with E-state index in [1.165, 1.54) is 6.20 Å². The third-order valence-electron chi connectivity index (χ3n) is 5.31. The summed E-state index contributed by atoms with van der Waals surface area (Å²) >= 11 is -1.76. The number of pyridine rings is 1. The van der Waals surface area contributed by atoms with Crippen LogP contribution in [-0.4, -0.2) is 45.6 Å². The Morgan fingerprint density at radius 2 is 2.00 bits per heavy atom. The molecule has 4 rings (SSSR count). The number of carbonyl (C=O) groups excluding carboxylic acids is 1. The van der Waals surface area contributed by atoms with Crippen LogP contribution >= 0.6 is 0 Å². The van der Waals surface area contributed by atoms with Gasteiger partial charge in [-0.3, -0.25) is 19.6 Å². The number of hydrogen-bond acceptors (Lipinski definition) is 7. The molecule has 35 heavy (non-hydrogen) atoms. The first-order chi connectivity index (χ1) is 17.0. The van der Waals surface area contributed by atoms with Crippen LogP contribution in [0.25, 0.3) is 0 Å². The number of aliphatic imine (C=N–C) groups is 1. The van der Waals surface area contributed by atoms with Gasteiger partial charge in [-0.25, -0.2) is 0 Å². The number of nitrogens with zero attached hydrogens (tertiary/aromatic N) is 2. The van der Waals surface area contributed by atoms with Crippen LogP contribution in [-0.2, 0) is 16.0 Å². The molecule has 4 N–H and O–H groups in total. The quantitative estimate of drug-likeness (QED) is 0.354. The average Bonchev–Trinajstić information content (AvgIpc) is 2.88. The lowest BCUT2D eigenvalue weighted by molar-refractivity contribution is -0.137. The Morgan fingerprint density at radius 1 is 1.14 bits per heavy atom. The van der Waals surface area contributed by atoms with E-state index in [1.54, 1.807) is 60.8 Å². The number of rotatable bonds is 8. The van der Waals surface area contributed by atoms with Gasteiger partial charge in [0, 0.05) is 42.3 Å². The summed E-state index contributed by atoms with van der Waals surface area (Å²) in [5.41, 5.74) is 2.02. The number of benzene rings is 2. The molecule has 0 bridgehead atoms. The van der Waals surface area contributed by atoms with Crippen LogP contribution in [0.3, 0.4) is 0 Å². The normalized spacial score (nSPS) is 14.7. The number of nitrogens with one attached hydrogen (secondary N) is 3. The first kappa shape index (κ1) is 24.2. The van der Waals surface area contributed by atoms with E-state index in [0.717, 1.165) is 19.5 Å². The van der Waals surface area contributed by atoms with Crippen LogP contribution in [0.5, 0.6) is 0 Å². The summed E-state index contributed by atoms with van der Waals surface area (Å²) in [5, 5.41) is 17.8. The van der Waals surface area contributed by atoms with E-state index < -0.39 is 22.4 Å². The van der Waals surface area contributed by atoms with E-state index in [9.17, 15) is 19.2 Å². The van der Waals surface area contributed by atoms with Gasteiger partial charge in [0.1, 0.15) is 0 Å². The van der Waals surface area contributed by atoms with Gasteiger partial charge in [-0.05, 0) is 54.0 Å². The van der Waals surface area contributed by atoms with E-state index >= 15 is 0 Å². The van der Waals surface area contributed by atoms with Crippen LogP contribution in [0.1, 0.15) is 34.0 Å². The van der Waals surface area contributed by atoms with Crippen LogP contribution in [0.2, 0.25) is 0 Å². The number of anilines is 2. The summed E-state index contributed by atoms with van der Waals surface area (Å²) in [7, 11) is 0. The van der Waals surface area contributed by atoms with Crippen molar-refractivity contribution in [2.75, 3.05) is 23.7 Å². The van der Waals surface area contributed by atoms with Crippen molar-refractivity contribution in [3.63, 3.8) is 0 Å². The van der Waals surface area contributed by atoms with Gasteiger partial charge < -0.3 is 25.6 Å². The second kappa shape index (κ2) is 11.5. The predicted molar refractivity (Wildman–Crippen MR) is 135 cm³/mol. The third-order valence-corrected chi connectivity index (χ3v) is 7.06. The Hall–Kier alpha value is -3.89. The Kier molecular flexibility index (Phi) is 7.96. The van der Waals surface area contributed by atoms with Crippen molar-refractivity contribution in [1.82, 2.24) is 10.3 Å². The number of amides is 1. The molecule has 2 atom stereocenters. The van der Waals surface area contributed by atoms with E-state index in [1.807, 2.05) is 6.07 Å². The van der Waals surface area contributed by atoms with Crippen LogP contribution < -0.4 is 16.0 Å². The van der Waals surface area contributed by atoms with Crippen molar-refractivity contribution in [1.29, 1.82) is 0 Å². The number of hydrogen-bond donors (Lipinski definition) is 4. The van der Waals surface area contributed by atoms with Gasteiger partial charge in [0.2, 0.25) is 0 Å². The van der Waals surface area contributed by atoms with Crippen molar-refractivity contribution in [3.05, 3.63) is 84.2 Å². The van der Waals surface area contributed by atoms with Gasteiger partial charge in [0.15, 0.2) is 16.1 Å². The molecule has 180 valence electrons. The van der Waals surface area contributed by atoms with E-state index in [4.69, 9.17) is 0 Å². The number of para-hydroxylation sites is 1. The van der Waals surface area contributed by atoms with Gasteiger partial charge in [-0.1, -0.05) is 24.3 Å². The first-order valence-electron chi connectivity index (χ1n) is 11.1. The monoisotopic (exact) mass is 491 g/mol. The minimum atomic E-state index is -1.76. The molecule has 0 aliphatic carbocycles. The zero-order chi connectivity index (χ0) is 24.6. The van der Waals surface area contributed by atoms with Gasteiger partial charge in [0.05, 0.1) is 12.1 Å². The van der Waals surface area contributed by atoms with Crippen molar-refractivity contribution in [2.45, 2.75) is 23.0 Å². The fourth-order valence-corrected chi connectivity index (χ4v) is 5.16. The van der Waals surface area contributed by atoms with Gasteiger partial charge in [-0.15, -0.1) is 0 Å². The Labute approximate surface area is 205 Å². The van der Waals surface area contributed by atoms with E-state index in [2.05, 4.69) is 25.9 Å². The number of aromatic nitrogens is 1. The molecule has 9 nitrogen and oxygen atoms in total. The summed E-state index contributed by atoms with van der Waals surface area (Å²) in [5.74, 6) is -0.794. The second-order valence-corrected chi connectivity index (χ2v) is 9.44. The molecule has 2 aromatic carbocycles. The molecule has 1 aliphatic heterocycles.